The molecule has 0 aliphatic carbocycles. The number of anilines is 1. The Balaban J connectivity index is 2.05. The quantitative estimate of drug-likeness (QED) is 0.780. The number of hydrogen-bond acceptors (Lipinski definition) is 3. The second kappa shape index (κ2) is 5.63. The molecule has 0 radical (unpaired) electrons. The predicted octanol–water partition coefficient (Wildman–Crippen LogP) is 1.60. The summed E-state index contributed by atoms with van der Waals surface area (Å²) in [6.45, 7) is 4.92. The van der Waals surface area contributed by atoms with E-state index in [0.29, 0.717) is 11.3 Å². The average molecular weight is 276 g/mol. The van der Waals surface area contributed by atoms with E-state index < -0.39 is 11.4 Å². The first-order valence-electron chi connectivity index (χ1n) is 6.77. The summed E-state index contributed by atoms with van der Waals surface area (Å²) in [6.07, 6.45) is 0.857. The van der Waals surface area contributed by atoms with Crippen LogP contribution in [0.3, 0.4) is 0 Å². The number of carbonyl (C=O) groups excluding carboxylic acids is 1. The van der Waals surface area contributed by atoms with E-state index in [9.17, 15) is 14.7 Å². The molecule has 2 rings (SSSR count). The number of carboxylic acids is 1. The number of carboxylic acid groups (broad SMARTS) is 1. The second-order valence-electron chi connectivity index (χ2n) is 5.69. The van der Waals surface area contributed by atoms with Crippen LogP contribution in [0.2, 0.25) is 0 Å². The third-order valence-electron chi connectivity index (χ3n) is 3.84. The maximum atomic E-state index is 12.0. The van der Waals surface area contributed by atoms with Crippen LogP contribution in [0.25, 0.3) is 0 Å². The zero-order valence-electron chi connectivity index (χ0n) is 11.8. The Labute approximate surface area is 118 Å². The van der Waals surface area contributed by atoms with Gasteiger partial charge < -0.3 is 15.7 Å². The van der Waals surface area contributed by atoms with Crippen LogP contribution in [0.5, 0.6) is 0 Å². The van der Waals surface area contributed by atoms with E-state index in [4.69, 9.17) is 0 Å². The molecular weight excluding hydrogens is 256 g/mol. The zero-order valence-corrected chi connectivity index (χ0v) is 11.8. The summed E-state index contributed by atoms with van der Waals surface area (Å²) in [4.78, 5) is 23.1. The summed E-state index contributed by atoms with van der Waals surface area (Å²) in [6, 6.07) is 6.99. The molecule has 1 aromatic rings. The molecule has 1 aromatic carbocycles. The minimum Gasteiger partial charge on any atom is -0.481 e. The Hall–Kier alpha value is -1.88. The molecule has 1 aliphatic heterocycles. The van der Waals surface area contributed by atoms with Crippen LogP contribution in [0.1, 0.15) is 25.8 Å². The molecule has 20 heavy (non-hydrogen) atoms. The molecule has 1 saturated heterocycles. The van der Waals surface area contributed by atoms with Gasteiger partial charge in [-0.2, -0.15) is 0 Å². The van der Waals surface area contributed by atoms with Crippen LogP contribution >= 0.6 is 0 Å². The van der Waals surface area contributed by atoms with Crippen LogP contribution in [0, 0.1) is 5.92 Å². The first-order valence-corrected chi connectivity index (χ1v) is 6.77. The normalized spacial score (nSPS) is 18.8. The van der Waals surface area contributed by atoms with E-state index in [1.54, 1.807) is 38.1 Å². The van der Waals surface area contributed by atoms with Crippen molar-refractivity contribution < 1.29 is 14.7 Å². The van der Waals surface area contributed by atoms with E-state index in [-0.39, 0.29) is 11.8 Å². The number of benzene rings is 1. The molecule has 1 atom stereocenters. The fourth-order valence-corrected chi connectivity index (χ4v) is 2.22. The molecule has 1 heterocycles. The summed E-state index contributed by atoms with van der Waals surface area (Å²) in [7, 11) is 0. The third kappa shape index (κ3) is 2.99. The largest absolute Gasteiger partial charge is 0.481 e. The van der Waals surface area contributed by atoms with Crippen molar-refractivity contribution >= 4 is 17.6 Å². The number of rotatable bonds is 4. The van der Waals surface area contributed by atoms with Gasteiger partial charge in [-0.05, 0) is 44.5 Å². The zero-order chi connectivity index (χ0) is 14.8. The highest BCUT2D eigenvalue weighted by Crippen LogP contribution is 2.25. The van der Waals surface area contributed by atoms with Gasteiger partial charge in [0.1, 0.15) is 0 Å². The number of hydrogen-bond donors (Lipinski definition) is 3. The molecule has 0 saturated carbocycles. The fourth-order valence-electron chi connectivity index (χ4n) is 2.22. The SMILES string of the molecule is CC(C)(C(=O)O)c1ccc(NC(=O)C2CCNC2)cc1. The van der Waals surface area contributed by atoms with Gasteiger partial charge in [0, 0.05) is 12.2 Å². The minimum absolute atomic E-state index is 0.0141. The standard InChI is InChI=1S/C15H20N2O3/c1-15(2,14(19)20)11-3-5-12(6-4-11)17-13(18)10-7-8-16-9-10/h3-6,10,16H,7-9H2,1-2H3,(H,17,18)(H,19,20). The van der Waals surface area contributed by atoms with Crippen molar-refractivity contribution in [2.75, 3.05) is 18.4 Å². The Bertz CT molecular complexity index is 502. The molecule has 5 heteroatoms. The van der Waals surface area contributed by atoms with Gasteiger partial charge in [0.2, 0.25) is 5.91 Å². The second-order valence-corrected chi connectivity index (χ2v) is 5.69. The molecule has 1 unspecified atom stereocenters. The maximum absolute atomic E-state index is 12.0. The van der Waals surface area contributed by atoms with E-state index in [2.05, 4.69) is 10.6 Å². The predicted molar refractivity (Wildman–Crippen MR) is 76.7 cm³/mol. The molecule has 0 aromatic heterocycles. The lowest BCUT2D eigenvalue weighted by molar-refractivity contribution is -0.142. The van der Waals surface area contributed by atoms with E-state index in [1.807, 2.05) is 0 Å². The summed E-state index contributed by atoms with van der Waals surface area (Å²) in [5.41, 5.74) is 0.482. The number of aliphatic carboxylic acids is 1. The lowest BCUT2D eigenvalue weighted by atomic mass is 9.85. The molecule has 1 amide bonds. The highest BCUT2D eigenvalue weighted by atomic mass is 16.4. The monoisotopic (exact) mass is 276 g/mol. The highest BCUT2D eigenvalue weighted by Gasteiger charge is 2.29. The van der Waals surface area contributed by atoms with Crippen LogP contribution in [0.4, 0.5) is 5.69 Å². The first-order chi connectivity index (χ1) is 9.41. The molecule has 3 N–H and O–H groups in total. The van der Waals surface area contributed by atoms with Crippen LogP contribution in [-0.2, 0) is 15.0 Å². The van der Waals surface area contributed by atoms with Gasteiger partial charge in [-0.3, -0.25) is 9.59 Å². The minimum atomic E-state index is -0.933. The number of carbonyl (C=O) groups is 2. The summed E-state index contributed by atoms with van der Waals surface area (Å²) < 4.78 is 0. The fraction of sp³-hybridized carbons (Fsp3) is 0.467. The molecule has 5 nitrogen and oxygen atoms in total. The summed E-state index contributed by atoms with van der Waals surface area (Å²) in [5, 5.41) is 15.2. The number of nitrogens with one attached hydrogen (secondary N) is 2. The van der Waals surface area contributed by atoms with Gasteiger partial charge in [-0.25, -0.2) is 0 Å². The molecule has 108 valence electrons. The molecule has 1 aliphatic rings. The van der Waals surface area contributed by atoms with Gasteiger partial charge >= 0.3 is 5.97 Å². The van der Waals surface area contributed by atoms with Gasteiger partial charge in [-0.1, -0.05) is 12.1 Å². The van der Waals surface area contributed by atoms with Gasteiger partial charge in [0.15, 0.2) is 0 Å². The van der Waals surface area contributed by atoms with Crippen molar-refractivity contribution in [1.82, 2.24) is 5.32 Å². The summed E-state index contributed by atoms with van der Waals surface area (Å²) in [5.74, 6) is -0.836. The van der Waals surface area contributed by atoms with Crippen molar-refractivity contribution in [3.63, 3.8) is 0 Å². The Kier molecular flexibility index (Phi) is 4.09. The van der Waals surface area contributed by atoms with Crippen molar-refractivity contribution in [3.05, 3.63) is 29.8 Å². The highest BCUT2D eigenvalue weighted by molar-refractivity contribution is 5.93. The van der Waals surface area contributed by atoms with Crippen molar-refractivity contribution in [1.29, 1.82) is 0 Å². The molecule has 0 spiro atoms. The Morgan fingerprint density at radius 1 is 1.30 bits per heavy atom. The Morgan fingerprint density at radius 2 is 1.95 bits per heavy atom. The van der Waals surface area contributed by atoms with Crippen molar-refractivity contribution in [2.45, 2.75) is 25.7 Å². The molecule has 0 bridgehead atoms. The lowest BCUT2D eigenvalue weighted by Crippen LogP contribution is -2.28. The van der Waals surface area contributed by atoms with Gasteiger partial charge in [-0.15, -0.1) is 0 Å². The van der Waals surface area contributed by atoms with Gasteiger partial charge in [0.05, 0.1) is 11.3 Å². The average Bonchev–Trinajstić information content (AvgIpc) is 2.93. The molecule has 1 fully saturated rings. The number of amides is 1. The van der Waals surface area contributed by atoms with Crippen molar-refractivity contribution in [3.8, 4) is 0 Å². The van der Waals surface area contributed by atoms with Gasteiger partial charge in [0.25, 0.3) is 0 Å². The van der Waals surface area contributed by atoms with E-state index in [1.165, 1.54) is 0 Å². The van der Waals surface area contributed by atoms with E-state index >= 15 is 0 Å². The summed E-state index contributed by atoms with van der Waals surface area (Å²) >= 11 is 0. The van der Waals surface area contributed by atoms with Crippen LogP contribution in [0.15, 0.2) is 24.3 Å². The van der Waals surface area contributed by atoms with Crippen LogP contribution in [-0.4, -0.2) is 30.1 Å². The smallest absolute Gasteiger partial charge is 0.313 e. The van der Waals surface area contributed by atoms with E-state index in [0.717, 1.165) is 19.5 Å². The topological polar surface area (TPSA) is 78.4 Å². The van der Waals surface area contributed by atoms with Crippen molar-refractivity contribution in [2.24, 2.45) is 5.92 Å². The molecular formula is C15H20N2O3. The first kappa shape index (κ1) is 14.5. The lowest BCUT2D eigenvalue weighted by Gasteiger charge is -2.20. The maximum Gasteiger partial charge on any atom is 0.313 e. The Morgan fingerprint density at radius 3 is 2.45 bits per heavy atom. The third-order valence-corrected chi connectivity index (χ3v) is 3.84. The van der Waals surface area contributed by atoms with Crippen LogP contribution < -0.4 is 10.6 Å².